The van der Waals surface area contributed by atoms with Crippen molar-refractivity contribution in [2.75, 3.05) is 14.2 Å². The van der Waals surface area contributed by atoms with Gasteiger partial charge in [-0.15, -0.1) is 11.3 Å². The molecule has 0 saturated carbocycles. The summed E-state index contributed by atoms with van der Waals surface area (Å²) in [4.78, 5) is 48.9. The minimum Gasteiger partial charge on any atom is -0.467 e. The number of hydrogen-bond donors (Lipinski definition) is 2. The van der Waals surface area contributed by atoms with Crippen molar-refractivity contribution in [1.82, 2.24) is 10.6 Å². The van der Waals surface area contributed by atoms with Crippen LogP contribution in [-0.2, 0) is 19.1 Å². The van der Waals surface area contributed by atoms with E-state index < -0.39 is 35.8 Å². The highest BCUT2D eigenvalue weighted by molar-refractivity contribution is 7.15. The number of carbonyl (C=O) groups excluding carboxylic acids is 4. The number of thiophene rings is 1. The summed E-state index contributed by atoms with van der Waals surface area (Å²) in [5, 5.41) is 5.23. The largest absolute Gasteiger partial charge is 0.467 e. The van der Waals surface area contributed by atoms with E-state index >= 15 is 0 Å². The molecule has 0 aliphatic rings. The minimum absolute atomic E-state index is 0.156. The van der Waals surface area contributed by atoms with Gasteiger partial charge in [-0.3, -0.25) is 9.59 Å². The maximum atomic E-state index is 12.4. The fraction of sp³-hybridized carbons (Fsp3) is 0.556. The number of amides is 2. The molecule has 150 valence electrons. The predicted molar refractivity (Wildman–Crippen MR) is 101 cm³/mol. The van der Waals surface area contributed by atoms with Crippen molar-refractivity contribution in [2.24, 2.45) is 11.8 Å². The van der Waals surface area contributed by atoms with Crippen LogP contribution >= 0.6 is 11.3 Å². The summed E-state index contributed by atoms with van der Waals surface area (Å²) in [5.41, 5.74) is 0. The SMILES string of the molecule is COC(=O)C(NC(=O)c1ccc(C(=O)NC(C(=O)OC)C(C)C)s1)C(C)C. The van der Waals surface area contributed by atoms with Crippen molar-refractivity contribution in [2.45, 2.75) is 39.8 Å². The molecule has 1 rings (SSSR count). The minimum atomic E-state index is -0.786. The van der Waals surface area contributed by atoms with Gasteiger partial charge in [0.15, 0.2) is 0 Å². The average molecular weight is 398 g/mol. The molecule has 0 fully saturated rings. The Morgan fingerprint density at radius 2 is 1.11 bits per heavy atom. The Labute approximate surface area is 162 Å². The summed E-state index contributed by atoms with van der Waals surface area (Å²) >= 11 is 0.967. The number of hydrogen-bond acceptors (Lipinski definition) is 7. The smallest absolute Gasteiger partial charge is 0.328 e. The molecule has 9 heteroatoms. The van der Waals surface area contributed by atoms with Crippen molar-refractivity contribution >= 4 is 35.1 Å². The quantitative estimate of drug-likeness (QED) is 0.644. The van der Waals surface area contributed by atoms with Crippen LogP contribution in [-0.4, -0.2) is 50.1 Å². The molecule has 2 N–H and O–H groups in total. The number of ether oxygens (including phenoxy) is 2. The second-order valence-corrected chi connectivity index (χ2v) is 7.68. The van der Waals surface area contributed by atoms with Gasteiger partial charge in [0.2, 0.25) is 0 Å². The molecule has 0 bridgehead atoms. The van der Waals surface area contributed by atoms with Crippen molar-refractivity contribution < 1.29 is 28.7 Å². The van der Waals surface area contributed by atoms with Crippen LogP contribution in [0.4, 0.5) is 0 Å². The first-order chi connectivity index (χ1) is 12.6. The van der Waals surface area contributed by atoms with E-state index in [-0.39, 0.29) is 21.6 Å². The van der Waals surface area contributed by atoms with Crippen LogP contribution in [0.1, 0.15) is 47.0 Å². The Kier molecular flexibility index (Phi) is 8.42. The highest BCUT2D eigenvalue weighted by Crippen LogP contribution is 2.18. The van der Waals surface area contributed by atoms with E-state index in [2.05, 4.69) is 10.6 Å². The third kappa shape index (κ3) is 6.06. The summed E-state index contributed by atoms with van der Waals surface area (Å²) in [6.07, 6.45) is 0. The van der Waals surface area contributed by atoms with E-state index in [0.29, 0.717) is 0 Å². The second-order valence-electron chi connectivity index (χ2n) is 6.60. The van der Waals surface area contributed by atoms with Gasteiger partial charge < -0.3 is 20.1 Å². The monoisotopic (exact) mass is 398 g/mol. The van der Waals surface area contributed by atoms with E-state index in [4.69, 9.17) is 9.47 Å². The van der Waals surface area contributed by atoms with Gasteiger partial charge in [-0.1, -0.05) is 27.7 Å². The fourth-order valence-corrected chi connectivity index (χ4v) is 3.07. The third-order valence-corrected chi connectivity index (χ3v) is 4.95. The molecule has 0 saturated heterocycles. The van der Waals surface area contributed by atoms with Crippen LogP contribution in [0.15, 0.2) is 12.1 Å². The number of rotatable bonds is 8. The average Bonchev–Trinajstić information content (AvgIpc) is 3.12. The van der Waals surface area contributed by atoms with Gasteiger partial charge in [-0.25, -0.2) is 9.59 Å². The van der Waals surface area contributed by atoms with Gasteiger partial charge in [0.1, 0.15) is 12.1 Å². The molecule has 27 heavy (non-hydrogen) atoms. The maximum Gasteiger partial charge on any atom is 0.328 e. The predicted octanol–water partition coefficient (Wildman–Crippen LogP) is 1.60. The summed E-state index contributed by atoms with van der Waals surface area (Å²) < 4.78 is 9.39. The van der Waals surface area contributed by atoms with Crippen molar-refractivity contribution in [1.29, 1.82) is 0 Å². The Balaban J connectivity index is 2.87. The van der Waals surface area contributed by atoms with Gasteiger partial charge in [-0.05, 0) is 24.0 Å². The van der Waals surface area contributed by atoms with Crippen molar-refractivity contribution in [3.05, 3.63) is 21.9 Å². The highest BCUT2D eigenvalue weighted by Gasteiger charge is 2.28. The molecule has 1 heterocycles. The fourth-order valence-electron chi connectivity index (χ4n) is 2.26. The van der Waals surface area contributed by atoms with Crippen LogP contribution in [0.2, 0.25) is 0 Å². The summed E-state index contributed by atoms with van der Waals surface area (Å²) in [7, 11) is 2.51. The number of methoxy groups -OCH3 is 2. The Hall–Kier alpha value is -2.42. The zero-order valence-electron chi connectivity index (χ0n) is 16.3. The van der Waals surface area contributed by atoms with Crippen LogP contribution in [0.5, 0.6) is 0 Å². The zero-order valence-corrected chi connectivity index (χ0v) is 17.1. The zero-order chi connectivity index (χ0) is 20.7. The van der Waals surface area contributed by atoms with Crippen LogP contribution < -0.4 is 10.6 Å². The number of carbonyl (C=O) groups is 4. The van der Waals surface area contributed by atoms with Crippen LogP contribution in [0.25, 0.3) is 0 Å². The molecular formula is C18H26N2O6S. The first kappa shape index (κ1) is 22.6. The molecule has 0 spiro atoms. The van der Waals surface area contributed by atoms with Crippen molar-refractivity contribution in [3.63, 3.8) is 0 Å². The Morgan fingerprint density at radius 3 is 1.37 bits per heavy atom. The number of esters is 2. The Morgan fingerprint density at radius 1 is 0.778 bits per heavy atom. The molecule has 2 atom stereocenters. The second kappa shape index (κ2) is 10.1. The van der Waals surface area contributed by atoms with Gasteiger partial charge in [-0.2, -0.15) is 0 Å². The van der Waals surface area contributed by atoms with E-state index in [1.165, 1.54) is 26.4 Å². The first-order valence-electron chi connectivity index (χ1n) is 8.49. The molecule has 1 aromatic rings. The number of nitrogens with one attached hydrogen (secondary N) is 2. The van der Waals surface area contributed by atoms with E-state index in [0.717, 1.165) is 11.3 Å². The molecule has 0 aliphatic heterocycles. The lowest BCUT2D eigenvalue weighted by Crippen LogP contribution is -2.45. The lowest BCUT2D eigenvalue weighted by atomic mass is 10.0. The standard InChI is InChI=1S/C18H26N2O6S/c1-9(2)13(17(23)25-5)19-15(21)11-7-8-12(27-11)16(22)20-14(10(3)4)18(24)26-6/h7-10,13-14H,1-6H3,(H,19,21)(H,20,22). The molecule has 1 aromatic heterocycles. The molecular weight excluding hydrogens is 372 g/mol. The highest BCUT2D eigenvalue weighted by atomic mass is 32.1. The first-order valence-corrected chi connectivity index (χ1v) is 9.31. The van der Waals surface area contributed by atoms with Crippen molar-refractivity contribution in [3.8, 4) is 0 Å². The maximum absolute atomic E-state index is 12.4. The van der Waals surface area contributed by atoms with Crippen LogP contribution in [0, 0.1) is 11.8 Å². The normalized spacial score (nSPS) is 13.0. The molecule has 2 amide bonds. The van der Waals surface area contributed by atoms with Gasteiger partial charge in [0, 0.05) is 0 Å². The summed E-state index contributed by atoms with van der Waals surface area (Å²) in [6, 6.07) is 1.41. The topological polar surface area (TPSA) is 111 Å². The van der Waals surface area contributed by atoms with Gasteiger partial charge in [0.05, 0.1) is 24.0 Å². The molecule has 2 unspecified atom stereocenters. The van der Waals surface area contributed by atoms with E-state index in [1.807, 2.05) is 0 Å². The van der Waals surface area contributed by atoms with Gasteiger partial charge >= 0.3 is 11.9 Å². The lowest BCUT2D eigenvalue weighted by Gasteiger charge is -2.19. The van der Waals surface area contributed by atoms with E-state index in [9.17, 15) is 19.2 Å². The molecule has 0 aliphatic carbocycles. The third-order valence-electron chi connectivity index (χ3n) is 3.87. The Bertz CT molecular complexity index is 641. The lowest BCUT2D eigenvalue weighted by molar-refractivity contribution is -0.144. The molecule has 0 radical (unpaired) electrons. The van der Waals surface area contributed by atoms with Crippen LogP contribution in [0.3, 0.4) is 0 Å². The molecule has 0 aromatic carbocycles. The summed E-state index contributed by atoms with van der Waals surface area (Å²) in [6.45, 7) is 7.14. The van der Waals surface area contributed by atoms with Gasteiger partial charge in [0.25, 0.3) is 11.8 Å². The van der Waals surface area contributed by atoms with E-state index in [1.54, 1.807) is 27.7 Å². The summed E-state index contributed by atoms with van der Waals surface area (Å²) in [5.74, 6) is -2.34. The molecule has 8 nitrogen and oxygen atoms in total.